The number of aliphatic imine (C=N–C) groups is 1. The normalized spacial score (nSPS) is 12.4. The van der Waals surface area contributed by atoms with Crippen LogP contribution in [0.5, 0.6) is 0 Å². The first-order chi connectivity index (χ1) is 9.01. The number of guanidine groups is 1. The maximum Gasteiger partial charge on any atom is 0.191 e. The summed E-state index contributed by atoms with van der Waals surface area (Å²) in [6.07, 6.45) is 5.84. The maximum atomic E-state index is 11.0. The first kappa shape index (κ1) is 15.6. The van der Waals surface area contributed by atoms with E-state index < -0.39 is 9.84 Å². The lowest BCUT2D eigenvalue weighted by Gasteiger charge is -2.11. The maximum absolute atomic E-state index is 11.0. The van der Waals surface area contributed by atoms with E-state index in [0.29, 0.717) is 18.9 Å². The van der Waals surface area contributed by atoms with Crippen LogP contribution in [-0.4, -0.2) is 51.1 Å². The molecule has 0 spiro atoms. The highest BCUT2D eigenvalue weighted by molar-refractivity contribution is 7.90. The minimum atomic E-state index is -2.88. The van der Waals surface area contributed by atoms with Crippen molar-refractivity contribution in [1.82, 2.24) is 15.2 Å². The van der Waals surface area contributed by atoms with Crippen LogP contribution >= 0.6 is 0 Å². The lowest BCUT2D eigenvalue weighted by molar-refractivity contribution is 0.598. The molecule has 6 nitrogen and oxygen atoms in total. The lowest BCUT2D eigenvalue weighted by atomic mass is 10.5. The minimum absolute atomic E-state index is 0.195. The SMILES string of the molecule is CN=C(NCCCS(C)(=O)=O)NCCn1cccc1. The molecule has 0 aliphatic heterocycles. The zero-order valence-electron chi connectivity index (χ0n) is 11.5. The van der Waals surface area contributed by atoms with Gasteiger partial charge in [-0.15, -0.1) is 0 Å². The average Bonchev–Trinajstić information content (AvgIpc) is 2.84. The van der Waals surface area contributed by atoms with Gasteiger partial charge >= 0.3 is 0 Å². The molecular weight excluding hydrogens is 264 g/mol. The van der Waals surface area contributed by atoms with E-state index in [-0.39, 0.29) is 5.75 Å². The number of rotatable bonds is 7. The molecule has 1 aromatic heterocycles. The Morgan fingerprint density at radius 1 is 1.21 bits per heavy atom. The van der Waals surface area contributed by atoms with Crippen molar-refractivity contribution in [3.05, 3.63) is 24.5 Å². The van der Waals surface area contributed by atoms with Crippen molar-refractivity contribution in [3.63, 3.8) is 0 Å². The van der Waals surface area contributed by atoms with Gasteiger partial charge in [0.15, 0.2) is 5.96 Å². The van der Waals surface area contributed by atoms with Gasteiger partial charge in [0.25, 0.3) is 0 Å². The summed E-state index contributed by atoms with van der Waals surface area (Å²) >= 11 is 0. The fourth-order valence-electron chi connectivity index (χ4n) is 1.58. The van der Waals surface area contributed by atoms with Gasteiger partial charge in [-0.05, 0) is 18.6 Å². The number of hydrogen-bond acceptors (Lipinski definition) is 3. The summed E-state index contributed by atoms with van der Waals surface area (Å²) in [6.45, 7) is 2.22. The van der Waals surface area contributed by atoms with Crippen LogP contribution in [0.15, 0.2) is 29.5 Å². The molecule has 0 aromatic carbocycles. The topological polar surface area (TPSA) is 75.5 Å². The molecule has 1 rings (SSSR count). The number of nitrogens with one attached hydrogen (secondary N) is 2. The Hall–Kier alpha value is -1.50. The molecule has 0 fully saturated rings. The highest BCUT2D eigenvalue weighted by Crippen LogP contribution is 1.89. The van der Waals surface area contributed by atoms with Gasteiger partial charge in [0, 0.05) is 45.3 Å². The van der Waals surface area contributed by atoms with E-state index in [4.69, 9.17) is 0 Å². The highest BCUT2D eigenvalue weighted by atomic mass is 32.2. The third-order valence-electron chi connectivity index (χ3n) is 2.54. The summed E-state index contributed by atoms with van der Waals surface area (Å²) in [4.78, 5) is 4.08. The first-order valence-electron chi connectivity index (χ1n) is 6.24. The average molecular weight is 286 g/mol. The Bertz CT molecular complexity index is 480. The van der Waals surface area contributed by atoms with Crippen molar-refractivity contribution < 1.29 is 8.42 Å². The van der Waals surface area contributed by atoms with Crippen LogP contribution in [0.2, 0.25) is 0 Å². The van der Waals surface area contributed by atoms with E-state index >= 15 is 0 Å². The van der Waals surface area contributed by atoms with Gasteiger partial charge < -0.3 is 15.2 Å². The molecule has 0 atom stereocenters. The fourth-order valence-corrected chi connectivity index (χ4v) is 2.25. The summed E-state index contributed by atoms with van der Waals surface area (Å²) in [7, 11) is -1.18. The molecule has 1 heterocycles. The number of sulfone groups is 1. The smallest absolute Gasteiger partial charge is 0.191 e. The van der Waals surface area contributed by atoms with Crippen molar-refractivity contribution in [3.8, 4) is 0 Å². The summed E-state index contributed by atoms with van der Waals surface area (Å²) in [6, 6.07) is 3.97. The molecule has 108 valence electrons. The molecular formula is C12H22N4O2S. The molecule has 0 radical (unpaired) electrons. The van der Waals surface area contributed by atoms with Crippen LogP contribution in [0.25, 0.3) is 0 Å². The van der Waals surface area contributed by atoms with E-state index in [2.05, 4.69) is 20.2 Å². The van der Waals surface area contributed by atoms with Crippen molar-refractivity contribution >= 4 is 15.8 Å². The highest BCUT2D eigenvalue weighted by Gasteiger charge is 2.02. The van der Waals surface area contributed by atoms with E-state index in [1.54, 1.807) is 7.05 Å². The van der Waals surface area contributed by atoms with Crippen LogP contribution in [0, 0.1) is 0 Å². The quantitative estimate of drug-likeness (QED) is 0.423. The molecule has 0 unspecified atom stereocenters. The Kier molecular flexibility index (Phi) is 6.41. The molecule has 0 aliphatic carbocycles. The van der Waals surface area contributed by atoms with Gasteiger partial charge in [-0.1, -0.05) is 0 Å². The van der Waals surface area contributed by atoms with Crippen LogP contribution in [-0.2, 0) is 16.4 Å². The van der Waals surface area contributed by atoms with Gasteiger partial charge in [0.05, 0.1) is 5.75 Å². The minimum Gasteiger partial charge on any atom is -0.356 e. The zero-order chi connectivity index (χ0) is 14.1. The van der Waals surface area contributed by atoms with Crippen LogP contribution in [0.4, 0.5) is 0 Å². The van der Waals surface area contributed by atoms with E-state index in [9.17, 15) is 8.42 Å². The predicted octanol–water partition coefficient (Wildman–Crippen LogP) is 0.0878. The second-order valence-corrected chi connectivity index (χ2v) is 6.59. The predicted molar refractivity (Wildman–Crippen MR) is 78.1 cm³/mol. The molecule has 0 saturated carbocycles. The Morgan fingerprint density at radius 2 is 1.84 bits per heavy atom. The Morgan fingerprint density at radius 3 is 2.42 bits per heavy atom. The van der Waals surface area contributed by atoms with Crippen LogP contribution in [0.3, 0.4) is 0 Å². The van der Waals surface area contributed by atoms with Gasteiger partial charge in [-0.25, -0.2) is 8.42 Å². The van der Waals surface area contributed by atoms with Crippen molar-refractivity contribution in [1.29, 1.82) is 0 Å². The number of aromatic nitrogens is 1. The lowest BCUT2D eigenvalue weighted by Crippen LogP contribution is -2.39. The van der Waals surface area contributed by atoms with Crippen molar-refractivity contribution in [2.24, 2.45) is 4.99 Å². The first-order valence-corrected chi connectivity index (χ1v) is 8.30. The summed E-state index contributed by atoms with van der Waals surface area (Å²) in [5.74, 6) is 0.890. The van der Waals surface area contributed by atoms with E-state index in [1.165, 1.54) is 6.26 Å². The Balaban J connectivity index is 2.16. The van der Waals surface area contributed by atoms with Gasteiger partial charge in [-0.3, -0.25) is 4.99 Å². The van der Waals surface area contributed by atoms with E-state index in [0.717, 1.165) is 13.1 Å². The second kappa shape index (κ2) is 7.83. The standard InChI is InChI=1S/C12H22N4O2S/c1-13-12(14-6-5-11-19(2,17)18)15-7-10-16-8-3-4-9-16/h3-4,8-9H,5-7,10-11H2,1-2H3,(H2,13,14,15). The molecule has 0 bridgehead atoms. The van der Waals surface area contributed by atoms with Crippen molar-refractivity contribution in [2.45, 2.75) is 13.0 Å². The third kappa shape index (κ3) is 7.50. The monoisotopic (exact) mass is 286 g/mol. The zero-order valence-corrected chi connectivity index (χ0v) is 12.3. The van der Waals surface area contributed by atoms with Gasteiger partial charge in [0.2, 0.25) is 0 Å². The molecule has 0 amide bonds. The van der Waals surface area contributed by atoms with Gasteiger partial charge in [0.1, 0.15) is 9.84 Å². The van der Waals surface area contributed by atoms with E-state index in [1.807, 2.05) is 24.5 Å². The molecule has 0 saturated heterocycles. The number of hydrogen-bond donors (Lipinski definition) is 2. The second-order valence-electron chi connectivity index (χ2n) is 4.33. The Labute approximate surface area is 114 Å². The van der Waals surface area contributed by atoms with Crippen LogP contribution < -0.4 is 10.6 Å². The third-order valence-corrected chi connectivity index (χ3v) is 3.57. The fraction of sp³-hybridized carbons (Fsp3) is 0.583. The molecule has 0 aliphatic rings. The molecule has 7 heteroatoms. The van der Waals surface area contributed by atoms with Gasteiger partial charge in [-0.2, -0.15) is 0 Å². The largest absolute Gasteiger partial charge is 0.356 e. The molecule has 2 N–H and O–H groups in total. The van der Waals surface area contributed by atoms with Crippen LogP contribution in [0.1, 0.15) is 6.42 Å². The molecule has 1 aromatic rings. The molecule has 19 heavy (non-hydrogen) atoms. The summed E-state index contributed by atoms with van der Waals surface area (Å²) in [5, 5.41) is 6.26. The van der Waals surface area contributed by atoms with Crippen molar-refractivity contribution in [2.75, 3.05) is 32.1 Å². The summed E-state index contributed by atoms with van der Waals surface area (Å²) in [5.41, 5.74) is 0. The number of nitrogens with zero attached hydrogens (tertiary/aromatic N) is 2. The summed E-state index contributed by atoms with van der Waals surface area (Å²) < 4.78 is 24.0.